The maximum atomic E-state index is 13.8. The summed E-state index contributed by atoms with van der Waals surface area (Å²) in [6, 6.07) is 4.87. The van der Waals surface area contributed by atoms with Crippen LogP contribution >= 0.6 is 22.9 Å². The normalized spacial score (nSPS) is 18.5. The fraction of sp³-hybridized carbons (Fsp3) is 0.481. The molecule has 41 heavy (non-hydrogen) atoms. The molecule has 3 heterocycles. The van der Waals surface area contributed by atoms with E-state index in [1.807, 2.05) is 17.9 Å². The minimum atomic E-state index is -4.28. The lowest BCUT2D eigenvalue weighted by molar-refractivity contribution is -0.133. The van der Waals surface area contributed by atoms with Crippen LogP contribution in [0.4, 0.5) is 14.5 Å². The summed E-state index contributed by atoms with van der Waals surface area (Å²) in [5, 5.41) is 14.0. The second-order valence-electron chi connectivity index (χ2n) is 9.99. The third kappa shape index (κ3) is 7.26. The zero-order valence-corrected chi connectivity index (χ0v) is 24.9. The van der Waals surface area contributed by atoms with Crippen molar-refractivity contribution in [2.75, 3.05) is 37.7 Å². The fourth-order valence-electron chi connectivity index (χ4n) is 5.34. The molecular weight excluding hydrogens is 598 g/mol. The van der Waals surface area contributed by atoms with Gasteiger partial charge in [0.25, 0.3) is 12.0 Å². The van der Waals surface area contributed by atoms with Gasteiger partial charge in [0.15, 0.2) is 0 Å². The molecule has 2 aliphatic heterocycles. The standard InChI is InChI=1S/C27H33ClF2N4O5S2/c1-2-20-22(34-10-4-5-19(34)15-35)6-3-7-23(20)41(38,39)32-21(14-31-26(36)18-13-24(28)40-16-18)27(37)33-11-8-17(9-12-33)25(29)30/h3,6-7,13,16,19,21,32,35H,2,4-5,8-12,14-15H2,1H3,(H,31,36)/t19-,21-/m0/s1. The van der Waals surface area contributed by atoms with Gasteiger partial charge in [0.2, 0.25) is 15.9 Å². The third-order valence-corrected chi connectivity index (χ3v) is 10.1. The van der Waals surface area contributed by atoms with Crippen LogP contribution in [0.3, 0.4) is 0 Å². The Hall–Kier alpha value is -2.58. The summed E-state index contributed by atoms with van der Waals surface area (Å²) in [5.74, 6) is -1.15. The number of benzene rings is 1. The van der Waals surface area contributed by atoms with Crippen LogP contribution in [0.2, 0.25) is 4.34 Å². The highest BCUT2D eigenvalue weighted by Crippen LogP contribution is 2.33. The third-order valence-electron chi connectivity index (χ3n) is 7.49. The van der Waals surface area contributed by atoms with Crippen molar-refractivity contribution in [1.82, 2.24) is 14.9 Å². The van der Waals surface area contributed by atoms with Crippen LogP contribution in [0.15, 0.2) is 46.2 Å². The number of hydrogen-bond donors (Lipinski definition) is 3. The smallest absolute Gasteiger partial charge is 0.269 e. The van der Waals surface area contributed by atoms with E-state index in [1.165, 1.54) is 17.0 Å². The Kier molecular flexibility index (Phi) is 10.4. The van der Waals surface area contributed by atoms with Gasteiger partial charge in [-0.3, -0.25) is 9.59 Å². The second kappa shape index (κ2) is 13.6. The van der Waals surface area contributed by atoms with Gasteiger partial charge in [0.1, 0.15) is 6.04 Å². The highest BCUT2D eigenvalue weighted by molar-refractivity contribution is 7.89. The monoisotopic (exact) mass is 630 g/mol. The Morgan fingerprint density at radius 3 is 2.56 bits per heavy atom. The summed E-state index contributed by atoms with van der Waals surface area (Å²) in [4.78, 5) is 29.6. The molecule has 0 unspecified atom stereocenters. The van der Waals surface area contributed by atoms with Gasteiger partial charge in [-0.05, 0) is 61.4 Å². The van der Waals surface area contributed by atoms with E-state index in [1.54, 1.807) is 11.4 Å². The minimum Gasteiger partial charge on any atom is -0.394 e. The molecule has 2 atom stereocenters. The van der Waals surface area contributed by atoms with E-state index in [0.29, 0.717) is 28.6 Å². The van der Waals surface area contributed by atoms with Gasteiger partial charge >= 0.3 is 0 Å². The second-order valence-corrected chi connectivity index (χ2v) is 13.2. The average Bonchev–Trinajstić information content (AvgIpc) is 3.63. The van der Waals surface area contributed by atoms with Gasteiger partial charge in [-0.2, -0.15) is 13.5 Å². The molecule has 0 aliphatic carbocycles. The van der Waals surface area contributed by atoms with E-state index in [2.05, 4.69) is 10.0 Å². The van der Waals surface area contributed by atoms with Crippen molar-refractivity contribution >= 4 is 50.5 Å². The molecule has 2 aromatic rings. The Morgan fingerprint density at radius 2 is 1.95 bits per heavy atom. The number of amides is 2. The van der Waals surface area contributed by atoms with Gasteiger partial charge in [0, 0.05) is 37.2 Å². The van der Waals surface area contributed by atoms with E-state index >= 15 is 0 Å². The Labute approximate surface area is 247 Å². The van der Waals surface area contributed by atoms with Gasteiger partial charge in [-0.1, -0.05) is 24.6 Å². The van der Waals surface area contributed by atoms with E-state index in [4.69, 9.17) is 11.6 Å². The van der Waals surface area contributed by atoms with Crippen LogP contribution in [0, 0.1) is 0 Å². The van der Waals surface area contributed by atoms with Gasteiger partial charge in [0.05, 0.1) is 27.4 Å². The molecule has 0 radical (unpaired) electrons. The SMILES string of the molecule is CCc1c(N2CCC[C@H]2CO)cccc1S(=O)(=O)N[C@@H](CNC(=O)c1csc(Cl)c1)C(=O)N1CCC(=C(F)F)CC1. The molecule has 3 N–H and O–H groups in total. The average molecular weight is 631 g/mol. The molecule has 0 bridgehead atoms. The Bertz CT molecular complexity index is 1400. The number of aliphatic hydroxyl groups excluding tert-OH is 1. The predicted octanol–water partition coefficient (Wildman–Crippen LogP) is 3.77. The Balaban J connectivity index is 1.61. The summed E-state index contributed by atoms with van der Waals surface area (Å²) < 4.78 is 56.6. The van der Waals surface area contributed by atoms with E-state index < -0.39 is 34.0 Å². The first kappa shape index (κ1) is 31.4. The molecule has 4 rings (SSSR count). The fourth-order valence-corrected chi connectivity index (χ4v) is 7.71. The van der Waals surface area contributed by atoms with Crippen molar-refractivity contribution in [1.29, 1.82) is 0 Å². The van der Waals surface area contributed by atoms with Crippen molar-refractivity contribution in [2.45, 2.75) is 56.0 Å². The molecule has 2 amide bonds. The first-order valence-electron chi connectivity index (χ1n) is 13.4. The summed E-state index contributed by atoms with van der Waals surface area (Å²) in [5.41, 5.74) is 1.50. The number of nitrogens with one attached hydrogen (secondary N) is 2. The van der Waals surface area contributed by atoms with E-state index in [-0.39, 0.29) is 61.2 Å². The molecule has 224 valence electrons. The number of likely N-dealkylation sites (tertiary alicyclic amines) is 1. The molecule has 1 aromatic heterocycles. The molecule has 1 aromatic carbocycles. The maximum Gasteiger partial charge on any atom is 0.269 e. The molecule has 0 saturated carbocycles. The van der Waals surface area contributed by atoms with Crippen LogP contribution in [0.5, 0.6) is 0 Å². The highest BCUT2D eigenvalue weighted by Gasteiger charge is 2.34. The minimum absolute atomic E-state index is 0.00167. The number of nitrogens with zero attached hydrogens (tertiary/aromatic N) is 2. The molecule has 0 spiro atoms. The van der Waals surface area contributed by atoms with Crippen LogP contribution in [0.1, 0.15) is 48.5 Å². The lowest BCUT2D eigenvalue weighted by Gasteiger charge is -2.32. The number of piperidine rings is 1. The van der Waals surface area contributed by atoms with E-state index in [0.717, 1.165) is 24.2 Å². The highest BCUT2D eigenvalue weighted by atomic mass is 35.5. The first-order valence-corrected chi connectivity index (χ1v) is 16.2. The summed E-state index contributed by atoms with van der Waals surface area (Å²) in [7, 11) is -4.28. The topological polar surface area (TPSA) is 119 Å². The summed E-state index contributed by atoms with van der Waals surface area (Å²) >= 11 is 7.08. The molecule has 2 saturated heterocycles. The van der Waals surface area contributed by atoms with Crippen LogP contribution in [-0.4, -0.2) is 75.1 Å². The predicted molar refractivity (Wildman–Crippen MR) is 154 cm³/mol. The summed E-state index contributed by atoms with van der Waals surface area (Å²) in [6.45, 7) is 2.11. The zero-order valence-electron chi connectivity index (χ0n) is 22.5. The van der Waals surface area contributed by atoms with Gasteiger partial charge < -0.3 is 20.2 Å². The first-order chi connectivity index (χ1) is 19.6. The van der Waals surface area contributed by atoms with Crippen molar-refractivity contribution in [3.63, 3.8) is 0 Å². The van der Waals surface area contributed by atoms with Crippen LogP contribution in [0.25, 0.3) is 0 Å². The number of aliphatic hydroxyl groups is 1. The molecule has 14 heteroatoms. The Morgan fingerprint density at radius 1 is 1.22 bits per heavy atom. The van der Waals surface area contributed by atoms with E-state index in [9.17, 15) is 31.9 Å². The largest absolute Gasteiger partial charge is 0.394 e. The van der Waals surface area contributed by atoms with Gasteiger partial charge in [-0.15, -0.1) is 11.3 Å². The number of hydrogen-bond acceptors (Lipinski definition) is 7. The quantitative estimate of drug-likeness (QED) is 0.368. The van der Waals surface area contributed by atoms with Crippen molar-refractivity contribution in [3.8, 4) is 0 Å². The molecule has 2 aliphatic rings. The number of thiophene rings is 1. The summed E-state index contributed by atoms with van der Waals surface area (Å²) in [6.07, 6.45) is 0.248. The molecule has 9 nitrogen and oxygen atoms in total. The number of anilines is 1. The molecule has 2 fully saturated rings. The number of carbonyl (C=O) groups excluding carboxylic acids is 2. The van der Waals surface area contributed by atoms with Gasteiger partial charge in [-0.25, -0.2) is 8.42 Å². The molecular formula is C27H33ClF2N4O5S2. The van der Waals surface area contributed by atoms with Crippen LogP contribution < -0.4 is 14.9 Å². The van der Waals surface area contributed by atoms with Crippen molar-refractivity contribution in [3.05, 3.63) is 56.8 Å². The number of rotatable bonds is 10. The number of halogens is 3. The zero-order chi connectivity index (χ0) is 29.7. The number of sulfonamides is 1. The maximum absolute atomic E-state index is 13.8. The lowest BCUT2D eigenvalue weighted by atomic mass is 10.0. The lowest BCUT2D eigenvalue weighted by Crippen LogP contribution is -2.54. The van der Waals surface area contributed by atoms with Crippen molar-refractivity contribution < 1.29 is 31.9 Å². The number of carbonyl (C=O) groups is 2. The van der Waals surface area contributed by atoms with Crippen molar-refractivity contribution in [2.24, 2.45) is 0 Å². The van der Waals surface area contributed by atoms with Crippen LogP contribution in [-0.2, 0) is 21.2 Å².